The standard InChI is InChI=1S/C12H13F3N2O.ClH/c13-9-4-2-1-3-8(9)6-16-11(18)10-5-12(14,15)7-17-10;/h1-4,10,17H,5-7H2,(H,16,18);1H. The topological polar surface area (TPSA) is 41.1 Å². The molecule has 0 bridgehead atoms. The van der Waals surface area contributed by atoms with Gasteiger partial charge in [0.1, 0.15) is 5.82 Å². The Morgan fingerprint density at radius 2 is 2.11 bits per heavy atom. The molecule has 1 aromatic carbocycles. The van der Waals surface area contributed by atoms with Crippen LogP contribution in [-0.4, -0.2) is 24.4 Å². The van der Waals surface area contributed by atoms with Gasteiger partial charge >= 0.3 is 0 Å². The van der Waals surface area contributed by atoms with E-state index in [2.05, 4.69) is 10.6 Å². The highest BCUT2D eigenvalue weighted by Gasteiger charge is 2.42. The monoisotopic (exact) mass is 294 g/mol. The van der Waals surface area contributed by atoms with Gasteiger partial charge < -0.3 is 5.32 Å². The molecule has 0 aromatic heterocycles. The number of rotatable bonds is 3. The van der Waals surface area contributed by atoms with Gasteiger partial charge in [0.05, 0.1) is 12.6 Å². The predicted molar refractivity (Wildman–Crippen MR) is 66.8 cm³/mol. The number of carbonyl (C=O) groups excluding carboxylic acids is 1. The number of alkyl halides is 2. The zero-order valence-corrected chi connectivity index (χ0v) is 10.8. The van der Waals surface area contributed by atoms with Gasteiger partial charge in [-0.15, -0.1) is 12.4 Å². The number of halogens is 4. The molecule has 1 heterocycles. The Kier molecular flexibility index (Phi) is 5.20. The number of benzene rings is 1. The molecule has 0 radical (unpaired) electrons. The van der Waals surface area contributed by atoms with Gasteiger partial charge in [-0.1, -0.05) is 18.2 Å². The van der Waals surface area contributed by atoms with Gasteiger partial charge in [0, 0.05) is 18.5 Å². The fourth-order valence-corrected chi connectivity index (χ4v) is 1.85. The second-order valence-electron chi connectivity index (χ2n) is 4.30. The minimum atomic E-state index is -2.85. The molecule has 1 amide bonds. The molecule has 3 nitrogen and oxygen atoms in total. The summed E-state index contributed by atoms with van der Waals surface area (Å²) in [5, 5.41) is 4.89. The fraction of sp³-hybridized carbons (Fsp3) is 0.417. The van der Waals surface area contributed by atoms with Crippen molar-refractivity contribution in [3.63, 3.8) is 0 Å². The molecule has 2 rings (SSSR count). The second kappa shape index (κ2) is 6.25. The molecule has 1 aliphatic heterocycles. The number of carbonyl (C=O) groups is 1. The average Bonchev–Trinajstić information content (AvgIpc) is 2.68. The van der Waals surface area contributed by atoms with Gasteiger partial charge in [-0.25, -0.2) is 13.2 Å². The molecule has 0 spiro atoms. The summed E-state index contributed by atoms with van der Waals surface area (Å²) in [6.07, 6.45) is -0.518. The normalized spacial score (nSPS) is 20.7. The molecular formula is C12H14ClF3N2O. The van der Waals surface area contributed by atoms with Gasteiger partial charge in [-0.3, -0.25) is 10.1 Å². The summed E-state index contributed by atoms with van der Waals surface area (Å²) in [6.45, 7) is -0.500. The Balaban J connectivity index is 0.00000180. The first-order valence-electron chi connectivity index (χ1n) is 5.60. The zero-order chi connectivity index (χ0) is 13.2. The van der Waals surface area contributed by atoms with Gasteiger partial charge in [0.15, 0.2) is 0 Å². The summed E-state index contributed by atoms with van der Waals surface area (Å²) < 4.78 is 39.0. The van der Waals surface area contributed by atoms with Crippen LogP contribution in [0.5, 0.6) is 0 Å². The van der Waals surface area contributed by atoms with E-state index in [-0.39, 0.29) is 19.0 Å². The predicted octanol–water partition coefficient (Wildman–Crippen LogP) is 1.86. The minimum Gasteiger partial charge on any atom is -0.351 e. The highest BCUT2D eigenvalue weighted by atomic mass is 35.5. The largest absolute Gasteiger partial charge is 0.351 e. The smallest absolute Gasteiger partial charge is 0.262 e. The van der Waals surface area contributed by atoms with Crippen LogP contribution in [0.2, 0.25) is 0 Å². The summed E-state index contributed by atoms with van der Waals surface area (Å²) in [5.74, 6) is -3.81. The van der Waals surface area contributed by atoms with E-state index in [4.69, 9.17) is 0 Å². The molecule has 19 heavy (non-hydrogen) atoms. The van der Waals surface area contributed by atoms with E-state index in [1.807, 2.05) is 0 Å². The van der Waals surface area contributed by atoms with Crippen LogP contribution < -0.4 is 10.6 Å². The number of hydrogen-bond donors (Lipinski definition) is 2. The molecule has 7 heteroatoms. The van der Waals surface area contributed by atoms with Crippen molar-refractivity contribution < 1.29 is 18.0 Å². The molecule has 1 unspecified atom stereocenters. The SMILES string of the molecule is Cl.O=C(NCc1ccccc1F)C1CC(F)(F)CN1. The average molecular weight is 295 g/mol. The van der Waals surface area contributed by atoms with E-state index >= 15 is 0 Å². The molecule has 1 saturated heterocycles. The van der Waals surface area contributed by atoms with E-state index < -0.39 is 36.7 Å². The third-order valence-corrected chi connectivity index (χ3v) is 2.84. The second-order valence-corrected chi connectivity index (χ2v) is 4.30. The highest BCUT2D eigenvalue weighted by Crippen LogP contribution is 2.25. The molecule has 106 valence electrons. The van der Waals surface area contributed by atoms with E-state index in [0.29, 0.717) is 5.56 Å². The van der Waals surface area contributed by atoms with E-state index in [0.717, 1.165) is 0 Å². The lowest BCUT2D eigenvalue weighted by Gasteiger charge is -2.11. The summed E-state index contributed by atoms with van der Waals surface area (Å²) in [5.41, 5.74) is 0.329. The van der Waals surface area contributed by atoms with Crippen LogP contribution >= 0.6 is 12.4 Å². The minimum absolute atomic E-state index is 0. The Morgan fingerprint density at radius 1 is 1.42 bits per heavy atom. The molecular weight excluding hydrogens is 281 g/mol. The van der Waals surface area contributed by atoms with Crippen LogP contribution in [0.4, 0.5) is 13.2 Å². The first-order valence-corrected chi connectivity index (χ1v) is 5.60. The van der Waals surface area contributed by atoms with Crippen molar-refractivity contribution in [3.05, 3.63) is 35.6 Å². The van der Waals surface area contributed by atoms with Crippen LogP contribution in [0.1, 0.15) is 12.0 Å². The van der Waals surface area contributed by atoms with Crippen molar-refractivity contribution in [2.24, 2.45) is 0 Å². The lowest BCUT2D eigenvalue weighted by Crippen LogP contribution is -2.40. The lowest BCUT2D eigenvalue weighted by atomic mass is 10.1. The third kappa shape index (κ3) is 4.11. The third-order valence-electron chi connectivity index (χ3n) is 2.84. The maximum atomic E-state index is 13.3. The van der Waals surface area contributed by atoms with Crippen LogP contribution in [-0.2, 0) is 11.3 Å². The van der Waals surface area contributed by atoms with Gasteiger partial charge in [-0.05, 0) is 6.07 Å². The van der Waals surface area contributed by atoms with Crippen molar-refractivity contribution in [1.29, 1.82) is 0 Å². The van der Waals surface area contributed by atoms with Gasteiger partial charge in [-0.2, -0.15) is 0 Å². The molecule has 0 saturated carbocycles. The van der Waals surface area contributed by atoms with Crippen LogP contribution in [0, 0.1) is 5.82 Å². The number of hydrogen-bond acceptors (Lipinski definition) is 2. The van der Waals surface area contributed by atoms with Gasteiger partial charge in [0.25, 0.3) is 5.92 Å². The van der Waals surface area contributed by atoms with Crippen molar-refractivity contribution in [2.75, 3.05) is 6.54 Å². The molecule has 2 N–H and O–H groups in total. The first-order chi connectivity index (χ1) is 8.48. The van der Waals surface area contributed by atoms with Crippen molar-refractivity contribution in [3.8, 4) is 0 Å². The van der Waals surface area contributed by atoms with E-state index in [1.165, 1.54) is 12.1 Å². The highest BCUT2D eigenvalue weighted by molar-refractivity contribution is 5.85. The quantitative estimate of drug-likeness (QED) is 0.893. The Bertz CT molecular complexity index is 456. The van der Waals surface area contributed by atoms with Crippen LogP contribution in [0.3, 0.4) is 0 Å². The lowest BCUT2D eigenvalue weighted by molar-refractivity contribution is -0.123. The van der Waals surface area contributed by atoms with E-state index in [9.17, 15) is 18.0 Å². The van der Waals surface area contributed by atoms with Crippen molar-refractivity contribution >= 4 is 18.3 Å². The maximum absolute atomic E-state index is 13.3. The Morgan fingerprint density at radius 3 is 2.68 bits per heavy atom. The molecule has 0 aliphatic carbocycles. The van der Waals surface area contributed by atoms with Crippen LogP contribution in [0.15, 0.2) is 24.3 Å². The van der Waals surface area contributed by atoms with Crippen molar-refractivity contribution in [1.82, 2.24) is 10.6 Å². The fourth-order valence-electron chi connectivity index (χ4n) is 1.85. The summed E-state index contributed by atoms with van der Waals surface area (Å²) in [6, 6.07) is 5.09. The van der Waals surface area contributed by atoms with Crippen LogP contribution in [0.25, 0.3) is 0 Å². The first kappa shape index (κ1) is 15.8. The van der Waals surface area contributed by atoms with Gasteiger partial charge in [0.2, 0.25) is 5.91 Å². The number of nitrogens with one attached hydrogen (secondary N) is 2. The maximum Gasteiger partial charge on any atom is 0.262 e. The number of amides is 1. The summed E-state index contributed by atoms with van der Waals surface area (Å²) in [4.78, 5) is 11.6. The Hall–Kier alpha value is -1.27. The van der Waals surface area contributed by atoms with E-state index in [1.54, 1.807) is 12.1 Å². The summed E-state index contributed by atoms with van der Waals surface area (Å²) >= 11 is 0. The molecule has 1 aromatic rings. The van der Waals surface area contributed by atoms with Crippen molar-refractivity contribution in [2.45, 2.75) is 24.9 Å². The summed E-state index contributed by atoms with van der Waals surface area (Å²) in [7, 11) is 0. The zero-order valence-electron chi connectivity index (χ0n) is 9.96. The molecule has 1 aliphatic rings. The molecule has 1 atom stereocenters. The molecule has 1 fully saturated rings. The Labute approximate surface area is 115 Å².